The Balaban J connectivity index is 1.96. The molecule has 1 fully saturated rings. The lowest BCUT2D eigenvalue weighted by molar-refractivity contribution is 0.210. The standard InChI is InChI=1S/C14H21NO/c1-2-14(15)11-7-9-13(10-8-11)16-12-5-3-4-6-12/h7-10,12,14H,2-6,15H2,1H3/t14-/m0/s1. The molecule has 2 rings (SSSR count). The van der Waals surface area contributed by atoms with Gasteiger partial charge in [-0.2, -0.15) is 0 Å². The molecule has 0 unspecified atom stereocenters. The number of hydrogen-bond donors (Lipinski definition) is 1. The summed E-state index contributed by atoms with van der Waals surface area (Å²) in [6.07, 6.45) is 6.44. The summed E-state index contributed by atoms with van der Waals surface area (Å²) in [7, 11) is 0. The van der Waals surface area contributed by atoms with Gasteiger partial charge in [-0.25, -0.2) is 0 Å². The largest absolute Gasteiger partial charge is 0.490 e. The van der Waals surface area contributed by atoms with Gasteiger partial charge in [0.2, 0.25) is 0 Å². The highest BCUT2D eigenvalue weighted by Gasteiger charge is 2.16. The molecule has 0 radical (unpaired) electrons. The van der Waals surface area contributed by atoms with Crippen LogP contribution in [-0.2, 0) is 0 Å². The second-order valence-corrected chi connectivity index (χ2v) is 4.61. The van der Waals surface area contributed by atoms with E-state index in [1.54, 1.807) is 0 Å². The Morgan fingerprint density at radius 1 is 1.25 bits per heavy atom. The Kier molecular flexibility index (Phi) is 3.83. The van der Waals surface area contributed by atoms with Gasteiger partial charge in [0.05, 0.1) is 6.10 Å². The Morgan fingerprint density at radius 3 is 2.44 bits per heavy atom. The van der Waals surface area contributed by atoms with Crippen molar-refractivity contribution in [3.63, 3.8) is 0 Å². The van der Waals surface area contributed by atoms with Crippen LogP contribution in [0, 0.1) is 0 Å². The predicted octanol–water partition coefficient (Wildman–Crippen LogP) is 3.42. The molecule has 16 heavy (non-hydrogen) atoms. The van der Waals surface area contributed by atoms with E-state index in [1.165, 1.54) is 31.2 Å². The highest BCUT2D eigenvalue weighted by atomic mass is 16.5. The van der Waals surface area contributed by atoms with Gasteiger partial charge in [0, 0.05) is 6.04 Å². The van der Waals surface area contributed by atoms with Crippen LogP contribution in [-0.4, -0.2) is 6.10 Å². The van der Waals surface area contributed by atoms with E-state index in [1.807, 2.05) is 12.1 Å². The van der Waals surface area contributed by atoms with E-state index in [2.05, 4.69) is 19.1 Å². The monoisotopic (exact) mass is 219 g/mol. The number of rotatable bonds is 4. The van der Waals surface area contributed by atoms with E-state index in [4.69, 9.17) is 10.5 Å². The summed E-state index contributed by atoms with van der Waals surface area (Å²) >= 11 is 0. The highest BCUT2D eigenvalue weighted by molar-refractivity contribution is 5.29. The Bertz CT molecular complexity index is 314. The van der Waals surface area contributed by atoms with Crippen molar-refractivity contribution in [3.05, 3.63) is 29.8 Å². The van der Waals surface area contributed by atoms with Crippen LogP contribution in [0.15, 0.2) is 24.3 Å². The molecule has 0 aromatic heterocycles. The van der Waals surface area contributed by atoms with Gasteiger partial charge in [-0.1, -0.05) is 19.1 Å². The zero-order valence-corrected chi connectivity index (χ0v) is 9.99. The molecular formula is C14H21NO. The molecule has 2 heteroatoms. The van der Waals surface area contributed by atoms with Crippen LogP contribution in [0.4, 0.5) is 0 Å². The van der Waals surface area contributed by atoms with E-state index in [0.29, 0.717) is 6.10 Å². The lowest BCUT2D eigenvalue weighted by Gasteiger charge is -2.14. The van der Waals surface area contributed by atoms with Gasteiger partial charge in [0.15, 0.2) is 0 Å². The molecule has 1 aliphatic carbocycles. The van der Waals surface area contributed by atoms with Crippen molar-refractivity contribution in [2.45, 2.75) is 51.2 Å². The van der Waals surface area contributed by atoms with Crippen molar-refractivity contribution in [2.75, 3.05) is 0 Å². The number of benzene rings is 1. The summed E-state index contributed by atoms with van der Waals surface area (Å²) in [6.45, 7) is 2.10. The first-order valence-corrected chi connectivity index (χ1v) is 6.32. The quantitative estimate of drug-likeness (QED) is 0.842. The molecule has 0 saturated heterocycles. The van der Waals surface area contributed by atoms with E-state index < -0.39 is 0 Å². The predicted molar refractivity (Wildman–Crippen MR) is 66.5 cm³/mol. The van der Waals surface area contributed by atoms with Crippen molar-refractivity contribution in [1.82, 2.24) is 0 Å². The summed E-state index contributed by atoms with van der Waals surface area (Å²) in [4.78, 5) is 0. The first kappa shape index (κ1) is 11.5. The van der Waals surface area contributed by atoms with Crippen LogP contribution in [0.25, 0.3) is 0 Å². The summed E-state index contributed by atoms with van der Waals surface area (Å²) in [5.74, 6) is 0.985. The average molecular weight is 219 g/mol. The third-order valence-corrected chi connectivity index (χ3v) is 3.35. The molecule has 88 valence electrons. The fraction of sp³-hybridized carbons (Fsp3) is 0.571. The second-order valence-electron chi connectivity index (χ2n) is 4.61. The molecule has 1 atom stereocenters. The van der Waals surface area contributed by atoms with Gasteiger partial charge in [-0.3, -0.25) is 0 Å². The van der Waals surface area contributed by atoms with E-state index in [0.717, 1.165) is 12.2 Å². The van der Waals surface area contributed by atoms with Crippen LogP contribution < -0.4 is 10.5 Å². The molecule has 1 saturated carbocycles. The normalized spacial score (nSPS) is 18.6. The summed E-state index contributed by atoms with van der Waals surface area (Å²) < 4.78 is 5.90. The van der Waals surface area contributed by atoms with Crippen LogP contribution in [0.2, 0.25) is 0 Å². The minimum atomic E-state index is 0.153. The third-order valence-electron chi connectivity index (χ3n) is 3.35. The van der Waals surface area contributed by atoms with Crippen LogP contribution in [0.3, 0.4) is 0 Å². The minimum absolute atomic E-state index is 0.153. The first-order chi connectivity index (χ1) is 7.79. The maximum Gasteiger partial charge on any atom is 0.119 e. The van der Waals surface area contributed by atoms with Gasteiger partial charge in [0.1, 0.15) is 5.75 Å². The minimum Gasteiger partial charge on any atom is -0.490 e. The van der Waals surface area contributed by atoms with Gasteiger partial charge in [-0.15, -0.1) is 0 Å². The maximum absolute atomic E-state index is 5.97. The van der Waals surface area contributed by atoms with Gasteiger partial charge in [0.25, 0.3) is 0 Å². The summed E-state index contributed by atoms with van der Waals surface area (Å²) in [5.41, 5.74) is 7.16. The lowest BCUT2D eigenvalue weighted by Crippen LogP contribution is -2.11. The van der Waals surface area contributed by atoms with Crippen molar-refractivity contribution >= 4 is 0 Å². The topological polar surface area (TPSA) is 35.2 Å². The van der Waals surface area contributed by atoms with Crippen LogP contribution >= 0.6 is 0 Å². The van der Waals surface area contributed by atoms with E-state index >= 15 is 0 Å². The number of hydrogen-bond acceptors (Lipinski definition) is 2. The lowest BCUT2D eigenvalue weighted by atomic mass is 10.1. The second kappa shape index (κ2) is 5.35. The van der Waals surface area contributed by atoms with Crippen molar-refractivity contribution < 1.29 is 4.74 Å². The van der Waals surface area contributed by atoms with E-state index in [-0.39, 0.29) is 6.04 Å². The van der Waals surface area contributed by atoms with E-state index in [9.17, 15) is 0 Å². The fourth-order valence-corrected chi connectivity index (χ4v) is 2.23. The van der Waals surface area contributed by atoms with Crippen molar-refractivity contribution in [3.8, 4) is 5.75 Å². The molecule has 1 aromatic carbocycles. The van der Waals surface area contributed by atoms with Gasteiger partial charge in [-0.05, 0) is 49.8 Å². The molecular weight excluding hydrogens is 198 g/mol. The Labute approximate surface area is 97.8 Å². The van der Waals surface area contributed by atoms with Gasteiger partial charge >= 0.3 is 0 Å². The smallest absolute Gasteiger partial charge is 0.119 e. The molecule has 0 heterocycles. The molecule has 0 aliphatic heterocycles. The van der Waals surface area contributed by atoms with Crippen molar-refractivity contribution in [2.24, 2.45) is 5.73 Å². The highest BCUT2D eigenvalue weighted by Crippen LogP contribution is 2.25. The zero-order chi connectivity index (χ0) is 11.4. The van der Waals surface area contributed by atoms with Crippen LogP contribution in [0.1, 0.15) is 50.6 Å². The number of nitrogens with two attached hydrogens (primary N) is 1. The fourth-order valence-electron chi connectivity index (χ4n) is 2.23. The molecule has 2 nitrogen and oxygen atoms in total. The molecule has 1 aliphatic rings. The molecule has 1 aromatic rings. The SMILES string of the molecule is CC[C@H](N)c1ccc(OC2CCCC2)cc1. The molecule has 0 bridgehead atoms. The Hall–Kier alpha value is -1.02. The van der Waals surface area contributed by atoms with Gasteiger partial charge < -0.3 is 10.5 Å². The van der Waals surface area contributed by atoms with Crippen molar-refractivity contribution in [1.29, 1.82) is 0 Å². The maximum atomic E-state index is 5.97. The average Bonchev–Trinajstić information content (AvgIpc) is 2.82. The summed E-state index contributed by atoms with van der Waals surface area (Å²) in [5, 5.41) is 0. The molecule has 0 amide bonds. The molecule has 0 spiro atoms. The zero-order valence-electron chi connectivity index (χ0n) is 9.99. The first-order valence-electron chi connectivity index (χ1n) is 6.32. The molecule has 2 N–H and O–H groups in total. The van der Waals surface area contributed by atoms with Crippen LogP contribution in [0.5, 0.6) is 5.75 Å². The number of ether oxygens (including phenoxy) is 1. The third kappa shape index (κ3) is 2.76. The summed E-state index contributed by atoms with van der Waals surface area (Å²) in [6, 6.07) is 8.41. The Morgan fingerprint density at radius 2 is 1.88 bits per heavy atom.